The molecule has 1 aromatic heterocycles. The number of phenolic OH excluding ortho intramolecular Hbond substituents is 1. The monoisotopic (exact) mass is 432 g/mol. The molecule has 0 saturated heterocycles. The van der Waals surface area contributed by atoms with Crippen LogP contribution in [-0.4, -0.2) is 41.7 Å². The zero-order chi connectivity index (χ0) is 22.3. The SMILES string of the molecule is CCCP(=O)(CCC)C(CNc1ccc(C)nc1C)Cc1cc(C)c(O)c(OC)c1. The molecule has 30 heavy (non-hydrogen) atoms. The van der Waals surface area contributed by atoms with Crippen molar-refractivity contribution in [3.05, 3.63) is 46.8 Å². The first-order chi connectivity index (χ1) is 14.2. The van der Waals surface area contributed by atoms with Crippen molar-refractivity contribution in [1.82, 2.24) is 4.98 Å². The van der Waals surface area contributed by atoms with Crippen LogP contribution in [0.15, 0.2) is 24.3 Å². The van der Waals surface area contributed by atoms with Crippen molar-refractivity contribution in [2.75, 3.05) is 31.3 Å². The van der Waals surface area contributed by atoms with Gasteiger partial charge < -0.3 is 19.7 Å². The molecule has 1 atom stereocenters. The Morgan fingerprint density at radius 2 is 1.80 bits per heavy atom. The lowest BCUT2D eigenvalue weighted by Gasteiger charge is -2.29. The number of nitrogens with one attached hydrogen (secondary N) is 1. The molecule has 0 aliphatic carbocycles. The van der Waals surface area contributed by atoms with E-state index < -0.39 is 7.14 Å². The quantitative estimate of drug-likeness (QED) is 0.431. The molecule has 1 heterocycles. The fraction of sp³-hybridized carbons (Fsp3) is 0.542. The summed E-state index contributed by atoms with van der Waals surface area (Å²) in [6, 6.07) is 7.89. The van der Waals surface area contributed by atoms with Gasteiger partial charge in [-0.25, -0.2) is 0 Å². The Balaban J connectivity index is 2.35. The van der Waals surface area contributed by atoms with E-state index in [0.29, 0.717) is 18.7 Å². The van der Waals surface area contributed by atoms with Crippen LogP contribution >= 0.6 is 7.14 Å². The number of rotatable bonds is 11. The van der Waals surface area contributed by atoms with E-state index in [-0.39, 0.29) is 11.4 Å². The van der Waals surface area contributed by atoms with E-state index in [1.807, 2.05) is 45.0 Å². The van der Waals surface area contributed by atoms with E-state index in [2.05, 4.69) is 24.1 Å². The number of nitrogens with zero attached hydrogens (tertiary/aromatic N) is 1. The normalized spacial score (nSPS) is 12.6. The largest absolute Gasteiger partial charge is 0.504 e. The highest BCUT2D eigenvalue weighted by molar-refractivity contribution is 7.64. The number of hydrogen-bond donors (Lipinski definition) is 2. The number of methoxy groups -OCH3 is 1. The molecule has 0 aliphatic heterocycles. The summed E-state index contributed by atoms with van der Waals surface area (Å²) in [5.41, 5.74) is 4.76. The maximum atomic E-state index is 14.0. The van der Waals surface area contributed by atoms with Gasteiger partial charge in [0.1, 0.15) is 0 Å². The minimum absolute atomic E-state index is 0.00625. The van der Waals surface area contributed by atoms with E-state index in [9.17, 15) is 9.67 Å². The lowest BCUT2D eigenvalue weighted by atomic mass is 10.0. The summed E-state index contributed by atoms with van der Waals surface area (Å²) in [6.07, 6.45) is 4.02. The van der Waals surface area contributed by atoms with Gasteiger partial charge in [0.15, 0.2) is 11.5 Å². The van der Waals surface area contributed by atoms with E-state index in [1.165, 1.54) is 0 Å². The highest BCUT2D eigenvalue weighted by Crippen LogP contribution is 2.53. The number of aromatic hydroxyl groups is 1. The molecule has 0 saturated carbocycles. The zero-order valence-corrected chi connectivity index (χ0v) is 20.2. The zero-order valence-electron chi connectivity index (χ0n) is 19.3. The van der Waals surface area contributed by atoms with Crippen LogP contribution < -0.4 is 10.1 Å². The van der Waals surface area contributed by atoms with Gasteiger partial charge in [-0.15, -0.1) is 0 Å². The van der Waals surface area contributed by atoms with Crippen molar-refractivity contribution in [3.63, 3.8) is 0 Å². The van der Waals surface area contributed by atoms with Gasteiger partial charge in [0.2, 0.25) is 0 Å². The molecule has 2 N–H and O–H groups in total. The Bertz CT molecular complexity index is 888. The second-order valence-electron chi connectivity index (χ2n) is 8.19. The summed E-state index contributed by atoms with van der Waals surface area (Å²) >= 11 is 0. The minimum atomic E-state index is -2.39. The van der Waals surface area contributed by atoms with Crippen LogP contribution in [0.2, 0.25) is 0 Å². The van der Waals surface area contributed by atoms with Crippen LogP contribution in [0.25, 0.3) is 0 Å². The van der Waals surface area contributed by atoms with Crippen molar-refractivity contribution in [1.29, 1.82) is 0 Å². The molecule has 0 aliphatic rings. The number of ether oxygens (including phenoxy) is 1. The van der Waals surface area contributed by atoms with Crippen LogP contribution in [0, 0.1) is 20.8 Å². The smallest absolute Gasteiger partial charge is 0.161 e. The predicted octanol–water partition coefficient (Wildman–Crippen LogP) is 5.93. The van der Waals surface area contributed by atoms with Crippen molar-refractivity contribution < 1.29 is 14.4 Å². The lowest BCUT2D eigenvalue weighted by molar-refractivity contribution is 0.371. The summed E-state index contributed by atoms with van der Waals surface area (Å²) in [7, 11) is -0.834. The van der Waals surface area contributed by atoms with E-state index in [1.54, 1.807) is 7.11 Å². The van der Waals surface area contributed by atoms with Gasteiger partial charge in [0.05, 0.1) is 25.6 Å². The highest BCUT2D eigenvalue weighted by atomic mass is 31.2. The van der Waals surface area contributed by atoms with Gasteiger partial charge >= 0.3 is 0 Å². The van der Waals surface area contributed by atoms with Gasteiger partial charge in [-0.2, -0.15) is 0 Å². The van der Waals surface area contributed by atoms with Crippen LogP contribution in [0.1, 0.15) is 49.2 Å². The molecule has 0 radical (unpaired) electrons. The minimum Gasteiger partial charge on any atom is -0.504 e. The molecular weight excluding hydrogens is 395 g/mol. The molecule has 166 valence electrons. The van der Waals surface area contributed by atoms with Crippen LogP contribution in [0.4, 0.5) is 5.69 Å². The number of benzene rings is 1. The summed E-state index contributed by atoms with van der Waals surface area (Å²) < 4.78 is 19.4. The van der Waals surface area contributed by atoms with E-state index in [0.717, 1.165) is 53.4 Å². The van der Waals surface area contributed by atoms with Gasteiger partial charge in [0, 0.05) is 30.2 Å². The molecular formula is C24H37N2O3P. The number of anilines is 1. The number of phenols is 1. The van der Waals surface area contributed by atoms with Crippen LogP contribution in [-0.2, 0) is 11.0 Å². The maximum Gasteiger partial charge on any atom is 0.161 e. The summed E-state index contributed by atoms with van der Waals surface area (Å²) in [4.78, 5) is 4.54. The van der Waals surface area contributed by atoms with Gasteiger partial charge in [-0.05, 0) is 69.4 Å². The summed E-state index contributed by atoms with van der Waals surface area (Å²) in [5.74, 6) is 0.638. The van der Waals surface area contributed by atoms with Crippen molar-refractivity contribution in [2.24, 2.45) is 0 Å². The first-order valence-electron chi connectivity index (χ1n) is 10.9. The summed E-state index contributed by atoms with van der Waals surface area (Å²) in [6.45, 7) is 10.7. The Hall–Kier alpha value is -2.00. The second kappa shape index (κ2) is 10.9. The third-order valence-corrected chi connectivity index (χ3v) is 9.74. The van der Waals surface area contributed by atoms with Crippen LogP contribution in [0.5, 0.6) is 11.5 Å². The Labute approximate surface area is 181 Å². The fourth-order valence-electron chi connectivity index (χ4n) is 4.10. The van der Waals surface area contributed by atoms with E-state index >= 15 is 0 Å². The third kappa shape index (κ3) is 6.01. The molecule has 0 amide bonds. The first kappa shape index (κ1) is 24.3. The van der Waals surface area contributed by atoms with Crippen molar-refractivity contribution in [3.8, 4) is 11.5 Å². The van der Waals surface area contributed by atoms with Crippen LogP contribution in [0.3, 0.4) is 0 Å². The van der Waals surface area contributed by atoms with Gasteiger partial charge in [-0.3, -0.25) is 4.98 Å². The van der Waals surface area contributed by atoms with Crippen molar-refractivity contribution in [2.45, 2.75) is 59.5 Å². The molecule has 2 aromatic rings. The topological polar surface area (TPSA) is 71.5 Å². The maximum absolute atomic E-state index is 14.0. The molecule has 6 heteroatoms. The predicted molar refractivity (Wildman–Crippen MR) is 127 cm³/mol. The molecule has 5 nitrogen and oxygen atoms in total. The lowest BCUT2D eigenvalue weighted by Crippen LogP contribution is -2.26. The average Bonchev–Trinajstić information content (AvgIpc) is 2.69. The number of aromatic nitrogens is 1. The summed E-state index contributed by atoms with van der Waals surface area (Å²) in [5, 5.41) is 13.7. The standard InChI is InChI=1S/C24H37N2O3P/c1-7-11-30(28,12-8-2)21(16-25-22-10-9-18(4)26-19(22)5)14-20-13-17(3)24(27)23(15-20)29-6/h9-10,13,15,21,25,27H,7-8,11-12,14,16H2,1-6H3. The average molecular weight is 433 g/mol. The molecule has 0 fully saturated rings. The van der Waals surface area contributed by atoms with E-state index in [4.69, 9.17) is 4.74 Å². The Morgan fingerprint density at radius 3 is 2.37 bits per heavy atom. The van der Waals surface area contributed by atoms with Gasteiger partial charge in [0.25, 0.3) is 0 Å². The molecule has 2 rings (SSSR count). The number of hydrogen-bond acceptors (Lipinski definition) is 5. The van der Waals surface area contributed by atoms with Gasteiger partial charge in [-0.1, -0.05) is 19.9 Å². The highest BCUT2D eigenvalue weighted by Gasteiger charge is 2.31. The third-order valence-electron chi connectivity index (χ3n) is 5.64. The molecule has 1 aromatic carbocycles. The number of aryl methyl sites for hydroxylation is 3. The second-order valence-corrected chi connectivity index (χ2v) is 11.7. The molecule has 1 unspecified atom stereocenters. The molecule has 0 spiro atoms. The Morgan fingerprint density at radius 1 is 1.13 bits per heavy atom. The fourth-order valence-corrected chi connectivity index (χ4v) is 7.54. The first-order valence-corrected chi connectivity index (χ1v) is 13.0. The number of pyridine rings is 1. The Kier molecular flexibility index (Phi) is 8.78. The molecule has 0 bridgehead atoms. The van der Waals surface area contributed by atoms with Crippen molar-refractivity contribution >= 4 is 12.8 Å².